The van der Waals surface area contributed by atoms with Crippen molar-refractivity contribution in [2.24, 2.45) is 5.73 Å². The van der Waals surface area contributed by atoms with Gasteiger partial charge in [0.2, 0.25) is 0 Å². The van der Waals surface area contributed by atoms with Gasteiger partial charge in [0.15, 0.2) is 0 Å². The molecule has 1 rings (SSSR count). The van der Waals surface area contributed by atoms with E-state index in [0.29, 0.717) is 11.0 Å². The van der Waals surface area contributed by atoms with E-state index in [1.165, 1.54) is 12.1 Å². The van der Waals surface area contributed by atoms with Gasteiger partial charge in [-0.15, -0.1) is 0 Å². The molecule has 0 aromatic heterocycles. The zero-order valence-electron chi connectivity index (χ0n) is 8.97. The second-order valence-electron chi connectivity index (χ2n) is 3.50. The highest BCUT2D eigenvalue weighted by molar-refractivity contribution is 9.10. The molecule has 3 nitrogen and oxygen atoms in total. The Hall–Kier alpha value is -0.940. The van der Waals surface area contributed by atoms with E-state index in [4.69, 9.17) is 5.73 Å². The van der Waals surface area contributed by atoms with Gasteiger partial charge in [-0.05, 0) is 24.6 Å². The Morgan fingerprint density at radius 1 is 1.62 bits per heavy atom. The van der Waals surface area contributed by atoms with Gasteiger partial charge in [-0.1, -0.05) is 22.9 Å². The third-order valence-electron chi connectivity index (χ3n) is 2.22. The molecule has 0 saturated carbocycles. The fourth-order valence-corrected chi connectivity index (χ4v) is 1.50. The van der Waals surface area contributed by atoms with Crippen LogP contribution in [0.5, 0.6) is 0 Å². The van der Waals surface area contributed by atoms with E-state index in [1.54, 1.807) is 6.07 Å². The number of nitrogens with one attached hydrogen (secondary N) is 1. The Morgan fingerprint density at radius 2 is 2.31 bits per heavy atom. The summed E-state index contributed by atoms with van der Waals surface area (Å²) < 4.78 is 14.0. The van der Waals surface area contributed by atoms with Crippen LogP contribution in [0.15, 0.2) is 22.7 Å². The van der Waals surface area contributed by atoms with Gasteiger partial charge in [-0.3, -0.25) is 4.79 Å². The second kappa shape index (κ2) is 5.96. The number of hydrogen-bond acceptors (Lipinski definition) is 2. The maximum atomic E-state index is 13.3. The number of carbonyl (C=O) groups is 1. The minimum atomic E-state index is -0.536. The van der Waals surface area contributed by atoms with Gasteiger partial charge in [0, 0.05) is 17.1 Å². The lowest BCUT2D eigenvalue weighted by Gasteiger charge is -2.10. The van der Waals surface area contributed by atoms with Crippen molar-refractivity contribution in [2.45, 2.75) is 19.4 Å². The molecule has 1 aromatic rings. The van der Waals surface area contributed by atoms with Gasteiger partial charge < -0.3 is 11.1 Å². The first kappa shape index (κ1) is 13.1. The van der Waals surface area contributed by atoms with Gasteiger partial charge in [0.25, 0.3) is 5.91 Å². The summed E-state index contributed by atoms with van der Waals surface area (Å²) in [7, 11) is 0. The number of halogens is 2. The zero-order chi connectivity index (χ0) is 12.1. The van der Waals surface area contributed by atoms with Crippen molar-refractivity contribution in [1.29, 1.82) is 0 Å². The average Bonchev–Trinajstić information content (AvgIpc) is 2.28. The maximum absolute atomic E-state index is 13.3. The summed E-state index contributed by atoms with van der Waals surface area (Å²) in [6.45, 7) is 2.28. The van der Waals surface area contributed by atoms with Crippen molar-refractivity contribution >= 4 is 21.8 Å². The van der Waals surface area contributed by atoms with Gasteiger partial charge in [0.1, 0.15) is 5.82 Å². The molecule has 0 bridgehead atoms. The van der Waals surface area contributed by atoms with Crippen molar-refractivity contribution < 1.29 is 9.18 Å². The Balaban J connectivity index is 2.69. The first-order valence-corrected chi connectivity index (χ1v) is 5.82. The molecule has 0 aliphatic rings. The number of amides is 1. The van der Waals surface area contributed by atoms with Gasteiger partial charge in [-0.25, -0.2) is 4.39 Å². The van der Waals surface area contributed by atoms with Crippen molar-refractivity contribution in [3.05, 3.63) is 34.1 Å². The molecule has 1 atom stereocenters. The minimum Gasteiger partial charge on any atom is -0.350 e. The normalized spacial score (nSPS) is 12.2. The summed E-state index contributed by atoms with van der Waals surface area (Å²) in [6, 6.07) is 4.14. The lowest BCUT2D eigenvalue weighted by molar-refractivity contribution is 0.0947. The van der Waals surface area contributed by atoms with Crippen LogP contribution in [-0.2, 0) is 0 Å². The topological polar surface area (TPSA) is 55.1 Å². The summed E-state index contributed by atoms with van der Waals surface area (Å²) in [4.78, 5) is 11.6. The van der Waals surface area contributed by atoms with E-state index in [-0.39, 0.29) is 11.6 Å². The highest BCUT2D eigenvalue weighted by atomic mass is 79.9. The third kappa shape index (κ3) is 3.57. The third-order valence-corrected chi connectivity index (χ3v) is 2.72. The highest BCUT2D eigenvalue weighted by Crippen LogP contribution is 2.15. The van der Waals surface area contributed by atoms with Crippen LogP contribution in [0.2, 0.25) is 0 Å². The van der Waals surface area contributed by atoms with E-state index in [9.17, 15) is 9.18 Å². The Labute approximate surface area is 102 Å². The second-order valence-corrected chi connectivity index (χ2v) is 4.42. The molecule has 3 N–H and O–H groups in total. The summed E-state index contributed by atoms with van der Waals surface area (Å²) in [5.74, 6) is -0.978. The monoisotopic (exact) mass is 288 g/mol. The predicted octanol–water partition coefficient (Wildman–Crippen LogP) is 2.06. The number of nitrogens with two attached hydrogens (primary N) is 1. The molecule has 1 amide bonds. The molecule has 0 heterocycles. The van der Waals surface area contributed by atoms with E-state index < -0.39 is 11.7 Å². The SMILES string of the molecule is CCC(N)CNC(=O)c1cc(Br)ccc1F. The average molecular weight is 289 g/mol. The van der Waals surface area contributed by atoms with Crippen LogP contribution in [0.3, 0.4) is 0 Å². The number of hydrogen-bond donors (Lipinski definition) is 2. The smallest absolute Gasteiger partial charge is 0.254 e. The number of benzene rings is 1. The molecule has 1 aromatic carbocycles. The first-order chi connectivity index (χ1) is 7.54. The molecule has 16 heavy (non-hydrogen) atoms. The van der Waals surface area contributed by atoms with E-state index in [1.807, 2.05) is 6.92 Å². The molecule has 0 radical (unpaired) electrons. The van der Waals surface area contributed by atoms with Gasteiger partial charge in [-0.2, -0.15) is 0 Å². The van der Waals surface area contributed by atoms with E-state index >= 15 is 0 Å². The lowest BCUT2D eigenvalue weighted by atomic mass is 10.2. The summed E-state index contributed by atoms with van der Waals surface area (Å²) >= 11 is 3.19. The molecule has 5 heteroatoms. The standard InChI is InChI=1S/C11H14BrFN2O/c1-2-8(14)6-15-11(16)9-5-7(12)3-4-10(9)13/h3-5,8H,2,6,14H2,1H3,(H,15,16). The predicted molar refractivity (Wildman–Crippen MR) is 64.7 cm³/mol. The van der Waals surface area contributed by atoms with Gasteiger partial charge >= 0.3 is 0 Å². The van der Waals surface area contributed by atoms with Crippen molar-refractivity contribution in [3.8, 4) is 0 Å². The minimum absolute atomic E-state index is 0.0256. The van der Waals surface area contributed by atoms with Crippen LogP contribution in [-0.4, -0.2) is 18.5 Å². The molecular weight excluding hydrogens is 275 g/mol. The Morgan fingerprint density at radius 3 is 2.94 bits per heavy atom. The fraction of sp³-hybridized carbons (Fsp3) is 0.364. The molecule has 0 saturated heterocycles. The van der Waals surface area contributed by atoms with Crippen molar-refractivity contribution in [3.63, 3.8) is 0 Å². The van der Waals surface area contributed by atoms with E-state index in [2.05, 4.69) is 21.2 Å². The van der Waals surface area contributed by atoms with Crippen LogP contribution in [0, 0.1) is 5.82 Å². The lowest BCUT2D eigenvalue weighted by Crippen LogP contribution is -2.37. The molecule has 0 fully saturated rings. The van der Waals surface area contributed by atoms with Crippen LogP contribution >= 0.6 is 15.9 Å². The maximum Gasteiger partial charge on any atom is 0.254 e. The molecule has 1 unspecified atom stereocenters. The quantitative estimate of drug-likeness (QED) is 0.891. The number of carbonyl (C=O) groups excluding carboxylic acids is 1. The van der Waals surface area contributed by atoms with Crippen LogP contribution in [0.4, 0.5) is 4.39 Å². The fourth-order valence-electron chi connectivity index (χ4n) is 1.13. The van der Waals surface area contributed by atoms with Crippen molar-refractivity contribution in [2.75, 3.05) is 6.54 Å². The van der Waals surface area contributed by atoms with Crippen molar-refractivity contribution in [1.82, 2.24) is 5.32 Å². The molecular formula is C11H14BrFN2O. The van der Waals surface area contributed by atoms with E-state index in [0.717, 1.165) is 6.42 Å². The number of rotatable bonds is 4. The first-order valence-electron chi connectivity index (χ1n) is 5.03. The van der Waals surface area contributed by atoms with Crippen LogP contribution in [0.25, 0.3) is 0 Å². The molecule has 88 valence electrons. The van der Waals surface area contributed by atoms with Crippen LogP contribution in [0.1, 0.15) is 23.7 Å². The summed E-state index contributed by atoms with van der Waals surface area (Å²) in [5.41, 5.74) is 5.68. The largest absolute Gasteiger partial charge is 0.350 e. The summed E-state index contributed by atoms with van der Waals surface area (Å²) in [6.07, 6.45) is 0.765. The van der Waals surface area contributed by atoms with Gasteiger partial charge in [0.05, 0.1) is 5.56 Å². The molecule has 0 aliphatic carbocycles. The highest BCUT2D eigenvalue weighted by Gasteiger charge is 2.12. The Kier molecular flexibility index (Phi) is 4.89. The zero-order valence-corrected chi connectivity index (χ0v) is 10.6. The molecule has 0 aliphatic heterocycles. The molecule has 0 spiro atoms. The Bertz CT molecular complexity index is 384. The summed E-state index contributed by atoms with van der Waals surface area (Å²) in [5, 5.41) is 2.59. The van der Waals surface area contributed by atoms with Crippen LogP contribution < -0.4 is 11.1 Å².